The number of amides is 1. The van der Waals surface area contributed by atoms with Crippen LogP contribution in [0.1, 0.15) is 16.8 Å². The highest BCUT2D eigenvalue weighted by molar-refractivity contribution is 5.99. The summed E-state index contributed by atoms with van der Waals surface area (Å²) >= 11 is 0. The maximum atomic E-state index is 11.5. The average molecular weight is 368 g/mol. The third-order valence-corrected chi connectivity index (χ3v) is 4.75. The standard InChI is InChI=1S/C21H16N6O/c22-21-23-8-7-16(25-21)13-4-5-15-17(26-27-19(15)10-13)6-2-12-1-3-14-11-20(28)24-18(14)9-12/h1-10H,11H2,(H,24,28)(H,26,27)(H2,22,23,25)/b6-2+. The molecule has 7 heteroatoms. The molecule has 4 N–H and O–H groups in total. The molecule has 1 aliphatic heterocycles. The number of H-pyrrole nitrogens is 1. The van der Waals surface area contributed by atoms with Crippen molar-refractivity contribution in [2.75, 3.05) is 11.1 Å². The zero-order valence-electron chi connectivity index (χ0n) is 14.8. The second-order valence-corrected chi connectivity index (χ2v) is 6.64. The van der Waals surface area contributed by atoms with Gasteiger partial charge in [-0.3, -0.25) is 9.89 Å². The lowest BCUT2D eigenvalue weighted by molar-refractivity contribution is -0.115. The van der Waals surface area contributed by atoms with Gasteiger partial charge >= 0.3 is 0 Å². The van der Waals surface area contributed by atoms with Crippen LogP contribution in [0.3, 0.4) is 0 Å². The van der Waals surface area contributed by atoms with Gasteiger partial charge in [-0.15, -0.1) is 0 Å². The molecule has 3 heterocycles. The van der Waals surface area contributed by atoms with Gasteiger partial charge < -0.3 is 11.1 Å². The fourth-order valence-electron chi connectivity index (χ4n) is 3.37. The molecule has 0 aliphatic carbocycles. The highest BCUT2D eigenvalue weighted by atomic mass is 16.1. The summed E-state index contributed by atoms with van der Waals surface area (Å²) in [5, 5.41) is 11.4. The molecule has 7 nitrogen and oxygen atoms in total. The van der Waals surface area contributed by atoms with Crippen molar-refractivity contribution in [3.05, 3.63) is 65.5 Å². The number of nitrogens with one attached hydrogen (secondary N) is 2. The van der Waals surface area contributed by atoms with Gasteiger partial charge in [0, 0.05) is 22.8 Å². The molecule has 0 radical (unpaired) electrons. The fourth-order valence-corrected chi connectivity index (χ4v) is 3.37. The number of hydrogen-bond acceptors (Lipinski definition) is 5. The number of rotatable bonds is 3. The van der Waals surface area contributed by atoms with E-state index >= 15 is 0 Å². The minimum Gasteiger partial charge on any atom is -0.368 e. The maximum Gasteiger partial charge on any atom is 0.228 e. The number of aromatic nitrogens is 4. The molecule has 0 atom stereocenters. The van der Waals surface area contributed by atoms with Gasteiger partial charge in [-0.1, -0.05) is 24.3 Å². The Morgan fingerprint density at radius 1 is 1.07 bits per heavy atom. The van der Waals surface area contributed by atoms with E-state index in [0.717, 1.165) is 44.7 Å². The molecule has 28 heavy (non-hydrogen) atoms. The van der Waals surface area contributed by atoms with Crippen molar-refractivity contribution in [1.82, 2.24) is 20.2 Å². The molecule has 0 saturated carbocycles. The molecule has 0 bridgehead atoms. The van der Waals surface area contributed by atoms with E-state index in [1.165, 1.54) is 0 Å². The lowest BCUT2D eigenvalue weighted by Gasteiger charge is -2.01. The summed E-state index contributed by atoms with van der Waals surface area (Å²) in [6, 6.07) is 13.8. The number of benzene rings is 2. The lowest BCUT2D eigenvalue weighted by Crippen LogP contribution is -2.03. The van der Waals surface area contributed by atoms with Gasteiger partial charge in [0.2, 0.25) is 11.9 Å². The Labute approximate surface area is 160 Å². The van der Waals surface area contributed by atoms with Crippen LogP contribution in [0.15, 0.2) is 48.7 Å². The van der Waals surface area contributed by atoms with E-state index in [1.54, 1.807) is 6.20 Å². The Kier molecular flexibility index (Phi) is 3.65. The predicted octanol–water partition coefficient (Wildman–Crippen LogP) is 3.27. The summed E-state index contributed by atoms with van der Waals surface area (Å²) in [5.74, 6) is 0.284. The second kappa shape index (κ2) is 6.31. The van der Waals surface area contributed by atoms with Gasteiger partial charge in [0.05, 0.1) is 23.3 Å². The molecule has 136 valence electrons. The van der Waals surface area contributed by atoms with Crippen LogP contribution in [0.2, 0.25) is 0 Å². The number of anilines is 2. The van der Waals surface area contributed by atoms with Crippen molar-refractivity contribution in [2.45, 2.75) is 6.42 Å². The first-order valence-electron chi connectivity index (χ1n) is 8.83. The summed E-state index contributed by atoms with van der Waals surface area (Å²) in [5.41, 5.74) is 12.1. The molecule has 2 aromatic carbocycles. The first kappa shape index (κ1) is 16.2. The monoisotopic (exact) mass is 368 g/mol. The van der Waals surface area contributed by atoms with E-state index in [0.29, 0.717) is 6.42 Å². The Hall–Kier alpha value is -4.00. The van der Waals surface area contributed by atoms with Crippen LogP contribution in [0.4, 0.5) is 11.6 Å². The number of nitrogens with two attached hydrogens (primary N) is 1. The van der Waals surface area contributed by atoms with Gasteiger partial charge in [-0.05, 0) is 41.5 Å². The van der Waals surface area contributed by atoms with Crippen molar-refractivity contribution >= 4 is 40.6 Å². The normalized spacial score (nSPS) is 13.2. The number of nitrogen functional groups attached to an aromatic ring is 1. The number of hydrogen-bond donors (Lipinski definition) is 3. The molecule has 4 aromatic rings. The van der Waals surface area contributed by atoms with Gasteiger partial charge in [0.15, 0.2) is 0 Å². The first-order chi connectivity index (χ1) is 13.7. The molecule has 0 saturated heterocycles. The fraction of sp³-hybridized carbons (Fsp3) is 0.0476. The molecule has 0 spiro atoms. The minimum atomic E-state index is 0.0377. The summed E-state index contributed by atoms with van der Waals surface area (Å²) in [6.45, 7) is 0. The van der Waals surface area contributed by atoms with Crippen LogP contribution in [-0.2, 0) is 11.2 Å². The summed E-state index contributed by atoms with van der Waals surface area (Å²) in [6.07, 6.45) is 6.03. The van der Waals surface area contributed by atoms with Crippen LogP contribution in [0.5, 0.6) is 0 Å². The van der Waals surface area contributed by atoms with Crippen molar-refractivity contribution in [1.29, 1.82) is 0 Å². The van der Waals surface area contributed by atoms with E-state index in [9.17, 15) is 4.79 Å². The number of nitrogens with zero attached hydrogens (tertiary/aromatic N) is 3. The van der Waals surface area contributed by atoms with Gasteiger partial charge in [0.25, 0.3) is 0 Å². The molecule has 5 rings (SSSR count). The predicted molar refractivity (Wildman–Crippen MR) is 109 cm³/mol. The first-order valence-corrected chi connectivity index (χ1v) is 8.83. The van der Waals surface area contributed by atoms with Crippen LogP contribution in [0, 0.1) is 0 Å². The van der Waals surface area contributed by atoms with Crippen molar-refractivity contribution in [3.63, 3.8) is 0 Å². The van der Waals surface area contributed by atoms with E-state index in [-0.39, 0.29) is 11.9 Å². The Morgan fingerprint density at radius 2 is 2.00 bits per heavy atom. The minimum absolute atomic E-state index is 0.0377. The van der Waals surface area contributed by atoms with Gasteiger partial charge in [-0.25, -0.2) is 9.97 Å². The molecule has 0 unspecified atom stereocenters. The van der Waals surface area contributed by atoms with E-state index in [2.05, 4.69) is 25.5 Å². The molecular weight excluding hydrogens is 352 g/mol. The molecule has 0 fully saturated rings. The van der Waals surface area contributed by atoms with Gasteiger partial charge in [0.1, 0.15) is 0 Å². The second-order valence-electron chi connectivity index (χ2n) is 6.64. The summed E-state index contributed by atoms with van der Waals surface area (Å²) in [7, 11) is 0. The van der Waals surface area contributed by atoms with E-state index < -0.39 is 0 Å². The highest BCUT2D eigenvalue weighted by Crippen LogP contribution is 2.27. The topological polar surface area (TPSA) is 110 Å². The Morgan fingerprint density at radius 3 is 2.89 bits per heavy atom. The van der Waals surface area contributed by atoms with Crippen molar-refractivity contribution in [2.24, 2.45) is 0 Å². The SMILES string of the molecule is Nc1nccc(-c2ccc3c(/C=C/c4ccc5c(c4)NC(=O)C5)n[nH]c3c2)n1. The largest absolute Gasteiger partial charge is 0.368 e. The summed E-state index contributed by atoms with van der Waals surface area (Å²) in [4.78, 5) is 19.7. The molecule has 1 aliphatic rings. The van der Waals surface area contributed by atoms with Crippen LogP contribution < -0.4 is 11.1 Å². The smallest absolute Gasteiger partial charge is 0.228 e. The van der Waals surface area contributed by atoms with Crippen LogP contribution >= 0.6 is 0 Å². The third kappa shape index (κ3) is 2.88. The van der Waals surface area contributed by atoms with E-state index in [1.807, 2.05) is 54.6 Å². The molecule has 1 amide bonds. The third-order valence-electron chi connectivity index (χ3n) is 4.75. The maximum absolute atomic E-state index is 11.5. The number of aromatic amines is 1. The zero-order chi connectivity index (χ0) is 19.1. The molecule has 2 aromatic heterocycles. The summed E-state index contributed by atoms with van der Waals surface area (Å²) < 4.78 is 0. The Bertz CT molecular complexity index is 1260. The Balaban J connectivity index is 1.45. The number of fused-ring (bicyclic) bond motifs is 2. The quantitative estimate of drug-likeness (QED) is 0.514. The average Bonchev–Trinajstić information content (AvgIpc) is 3.27. The van der Waals surface area contributed by atoms with Crippen LogP contribution in [0.25, 0.3) is 34.3 Å². The highest BCUT2D eigenvalue weighted by Gasteiger charge is 2.16. The lowest BCUT2D eigenvalue weighted by atomic mass is 10.1. The van der Waals surface area contributed by atoms with Crippen molar-refractivity contribution < 1.29 is 4.79 Å². The zero-order valence-corrected chi connectivity index (χ0v) is 14.8. The number of carbonyl (C=O) groups is 1. The van der Waals surface area contributed by atoms with E-state index in [4.69, 9.17) is 5.73 Å². The van der Waals surface area contributed by atoms with Crippen LogP contribution in [-0.4, -0.2) is 26.1 Å². The number of carbonyl (C=O) groups excluding carboxylic acids is 1. The molecular formula is C21H16N6O. The van der Waals surface area contributed by atoms with Gasteiger partial charge in [-0.2, -0.15) is 5.10 Å². The van der Waals surface area contributed by atoms with Crippen molar-refractivity contribution in [3.8, 4) is 11.3 Å².